The van der Waals surface area contributed by atoms with Gasteiger partial charge in [0.25, 0.3) is 11.5 Å². The van der Waals surface area contributed by atoms with Crippen LogP contribution < -0.4 is 10.9 Å². The summed E-state index contributed by atoms with van der Waals surface area (Å²) in [6.07, 6.45) is 6.58. The Morgan fingerprint density at radius 2 is 2.00 bits per heavy atom. The summed E-state index contributed by atoms with van der Waals surface area (Å²) in [6.45, 7) is 1.74. The number of aromatic nitrogens is 4. The van der Waals surface area contributed by atoms with Crippen molar-refractivity contribution in [1.29, 1.82) is 0 Å². The molecular weight excluding hydrogens is 342 g/mol. The lowest BCUT2D eigenvalue weighted by molar-refractivity contribution is 0.102. The zero-order valence-corrected chi connectivity index (χ0v) is 14.9. The predicted molar refractivity (Wildman–Crippen MR) is 103 cm³/mol. The molecule has 0 saturated heterocycles. The first-order chi connectivity index (χ1) is 13.0. The second-order valence-corrected chi connectivity index (χ2v) is 6.26. The summed E-state index contributed by atoms with van der Waals surface area (Å²) in [4.78, 5) is 29.7. The number of benzene rings is 1. The number of rotatable bonds is 3. The Labute approximate surface area is 154 Å². The van der Waals surface area contributed by atoms with Crippen LogP contribution in [0.15, 0.2) is 66.0 Å². The number of aryl methyl sites for hydroxylation is 2. The molecule has 27 heavy (non-hydrogen) atoms. The Morgan fingerprint density at radius 3 is 2.78 bits per heavy atom. The number of nitrogens with zero attached hydrogens (tertiary/aromatic N) is 4. The zero-order chi connectivity index (χ0) is 19.0. The van der Waals surface area contributed by atoms with Gasteiger partial charge in [-0.2, -0.15) is 5.10 Å². The van der Waals surface area contributed by atoms with Crippen LogP contribution >= 0.6 is 0 Å². The number of hydrogen-bond acceptors (Lipinski definition) is 4. The van der Waals surface area contributed by atoms with Crippen molar-refractivity contribution < 1.29 is 4.79 Å². The number of pyridine rings is 2. The molecule has 0 aliphatic carbocycles. The Bertz CT molecular complexity index is 1210. The van der Waals surface area contributed by atoms with Crippen molar-refractivity contribution in [3.8, 4) is 5.69 Å². The van der Waals surface area contributed by atoms with Crippen molar-refractivity contribution in [2.45, 2.75) is 6.92 Å². The van der Waals surface area contributed by atoms with Gasteiger partial charge < -0.3 is 5.32 Å². The molecule has 0 spiro atoms. The van der Waals surface area contributed by atoms with E-state index in [1.54, 1.807) is 60.7 Å². The van der Waals surface area contributed by atoms with E-state index in [2.05, 4.69) is 15.4 Å². The molecule has 1 amide bonds. The Morgan fingerprint density at radius 1 is 1.15 bits per heavy atom. The van der Waals surface area contributed by atoms with Gasteiger partial charge in [-0.25, -0.2) is 0 Å². The van der Waals surface area contributed by atoms with Crippen molar-refractivity contribution in [3.05, 3.63) is 82.7 Å². The Hall–Kier alpha value is -3.74. The molecule has 0 unspecified atom stereocenters. The molecule has 0 atom stereocenters. The molecule has 1 N–H and O–H groups in total. The third-order valence-electron chi connectivity index (χ3n) is 4.46. The SMILES string of the molecule is Cc1ccn(-c2cccnc2)c(=O)c1C(=O)Nc1ccc2c(cnn2C)c1. The van der Waals surface area contributed by atoms with E-state index in [-0.39, 0.29) is 11.1 Å². The molecule has 1 aromatic carbocycles. The highest BCUT2D eigenvalue weighted by atomic mass is 16.2. The molecule has 134 valence electrons. The molecule has 7 nitrogen and oxygen atoms in total. The van der Waals surface area contributed by atoms with Crippen LogP contribution in [0.4, 0.5) is 5.69 Å². The van der Waals surface area contributed by atoms with Crippen molar-refractivity contribution in [2.24, 2.45) is 7.05 Å². The normalized spacial score (nSPS) is 10.9. The highest BCUT2D eigenvalue weighted by Gasteiger charge is 2.17. The average molecular weight is 359 g/mol. The fourth-order valence-electron chi connectivity index (χ4n) is 3.04. The lowest BCUT2D eigenvalue weighted by Crippen LogP contribution is -2.29. The smallest absolute Gasteiger partial charge is 0.268 e. The molecule has 0 saturated carbocycles. The first-order valence-electron chi connectivity index (χ1n) is 8.40. The average Bonchev–Trinajstić information content (AvgIpc) is 3.03. The second-order valence-electron chi connectivity index (χ2n) is 6.26. The van der Waals surface area contributed by atoms with Gasteiger partial charge in [-0.15, -0.1) is 0 Å². The van der Waals surface area contributed by atoms with Crippen LogP contribution in [0.5, 0.6) is 0 Å². The Kier molecular flexibility index (Phi) is 4.04. The van der Waals surface area contributed by atoms with Crippen LogP contribution in [0.3, 0.4) is 0 Å². The lowest BCUT2D eigenvalue weighted by atomic mass is 10.1. The minimum atomic E-state index is -0.445. The largest absolute Gasteiger partial charge is 0.322 e. The molecule has 0 fully saturated rings. The number of carbonyl (C=O) groups is 1. The summed E-state index contributed by atoms with van der Waals surface area (Å²) in [6, 6.07) is 10.8. The maximum atomic E-state index is 12.9. The topological polar surface area (TPSA) is 81.8 Å². The third-order valence-corrected chi connectivity index (χ3v) is 4.46. The molecule has 0 bridgehead atoms. The number of anilines is 1. The van der Waals surface area contributed by atoms with Gasteiger partial charge in [-0.05, 0) is 48.9 Å². The summed E-state index contributed by atoms with van der Waals surface area (Å²) in [5.74, 6) is -0.445. The van der Waals surface area contributed by atoms with Gasteiger partial charge in [0.05, 0.1) is 23.6 Å². The maximum Gasteiger partial charge on any atom is 0.268 e. The molecular formula is C20H17N5O2. The first-order valence-corrected chi connectivity index (χ1v) is 8.40. The highest BCUT2D eigenvalue weighted by molar-refractivity contribution is 6.05. The van der Waals surface area contributed by atoms with E-state index in [1.807, 2.05) is 19.2 Å². The number of nitrogens with one attached hydrogen (secondary N) is 1. The minimum Gasteiger partial charge on any atom is -0.322 e. The molecule has 7 heteroatoms. The van der Waals surface area contributed by atoms with Crippen LogP contribution in [-0.2, 0) is 7.05 Å². The van der Waals surface area contributed by atoms with Crippen LogP contribution in [-0.4, -0.2) is 25.2 Å². The summed E-state index contributed by atoms with van der Waals surface area (Å²) < 4.78 is 3.17. The second kappa shape index (κ2) is 6.53. The van der Waals surface area contributed by atoms with Crippen LogP contribution in [0.2, 0.25) is 0 Å². The molecule has 0 aliphatic heterocycles. The fraction of sp³-hybridized carbons (Fsp3) is 0.100. The van der Waals surface area contributed by atoms with E-state index in [4.69, 9.17) is 0 Å². The van der Waals surface area contributed by atoms with E-state index in [0.29, 0.717) is 16.9 Å². The summed E-state index contributed by atoms with van der Waals surface area (Å²) in [5, 5.41) is 7.92. The molecule has 0 aliphatic rings. The van der Waals surface area contributed by atoms with Gasteiger partial charge in [0.2, 0.25) is 0 Å². The van der Waals surface area contributed by atoms with Crippen molar-refractivity contribution in [2.75, 3.05) is 5.32 Å². The van der Waals surface area contributed by atoms with Gasteiger partial charge in [-0.1, -0.05) is 0 Å². The molecule has 0 radical (unpaired) electrons. The summed E-state index contributed by atoms with van der Waals surface area (Å²) in [5.41, 5.74) is 2.50. The van der Waals surface area contributed by atoms with E-state index in [1.165, 1.54) is 4.57 Å². The van der Waals surface area contributed by atoms with Crippen molar-refractivity contribution in [3.63, 3.8) is 0 Å². The molecule has 3 heterocycles. The van der Waals surface area contributed by atoms with E-state index >= 15 is 0 Å². The monoisotopic (exact) mass is 359 g/mol. The van der Waals surface area contributed by atoms with Crippen LogP contribution in [0.25, 0.3) is 16.6 Å². The molecule has 3 aromatic heterocycles. The predicted octanol–water partition coefficient (Wildman–Crippen LogP) is 2.68. The maximum absolute atomic E-state index is 12.9. The van der Waals surface area contributed by atoms with Crippen molar-refractivity contribution in [1.82, 2.24) is 19.3 Å². The van der Waals surface area contributed by atoms with E-state index < -0.39 is 5.91 Å². The van der Waals surface area contributed by atoms with Gasteiger partial charge in [-0.3, -0.25) is 23.8 Å². The molecule has 4 rings (SSSR count). The first kappa shape index (κ1) is 16.7. The van der Waals surface area contributed by atoms with Gasteiger partial charge >= 0.3 is 0 Å². The van der Waals surface area contributed by atoms with Crippen molar-refractivity contribution >= 4 is 22.5 Å². The van der Waals surface area contributed by atoms with Gasteiger partial charge in [0.1, 0.15) is 5.56 Å². The molecule has 4 aromatic rings. The number of fused-ring (bicyclic) bond motifs is 1. The van der Waals surface area contributed by atoms with Gasteiger partial charge in [0.15, 0.2) is 0 Å². The highest BCUT2D eigenvalue weighted by Crippen LogP contribution is 2.19. The summed E-state index contributed by atoms with van der Waals surface area (Å²) >= 11 is 0. The van der Waals surface area contributed by atoms with Crippen LogP contribution in [0.1, 0.15) is 15.9 Å². The fourth-order valence-corrected chi connectivity index (χ4v) is 3.04. The standard InChI is InChI=1S/C20H17N5O2/c1-13-7-9-25(16-4-3-8-21-12-16)20(27)18(13)19(26)23-15-5-6-17-14(10-15)11-22-24(17)2/h3-12H,1-2H3,(H,23,26). The number of carbonyl (C=O) groups excluding carboxylic acids is 1. The minimum absolute atomic E-state index is 0.104. The number of amides is 1. The number of hydrogen-bond donors (Lipinski definition) is 1. The van der Waals surface area contributed by atoms with E-state index in [0.717, 1.165) is 10.9 Å². The Balaban J connectivity index is 1.71. The summed E-state index contributed by atoms with van der Waals surface area (Å²) in [7, 11) is 1.86. The quantitative estimate of drug-likeness (QED) is 0.610. The van der Waals surface area contributed by atoms with E-state index in [9.17, 15) is 9.59 Å². The van der Waals surface area contributed by atoms with Gasteiger partial charge in [0, 0.05) is 30.5 Å². The third kappa shape index (κ3) is 2.99. The zero-order valence-electron chi connectivity index (χ0n) is 14.9. The lowest BCUT2D eigenvalue weighted by Gasteiger charge is -2.11. The van der Waals surface area contributed by atoms with Crippen LogP contribution in [0, 0.1) is 6.92 Å².